The van der Waals surface area contributed by atoms with E-state index < -0.39 is 0 Å². The number of nitrogens with two attached hydrogens (primary N) is 1. The van der Waals surface area contributed by atoms with Gasteiger partial charge in [-0.05, 0) is 60.4 Å². The number of carbonyl (C=O) groups excluding carboxylic acids is 1. The van der Waals surface area contributed by atoms with Gasteiger partial charge in [0.05, 0.1) is 0 Å². The summed E-state index contributed by atoms with van der Waals surface area (Å²) in [5, 5.41) is 0. The van der Waals surface area contributed by atoms with E-state index in [9.17, 15) is 4.79 Å². The molecule has 1 fully saturated rings. The number of carbonyl (C=O) groups is 1. The summed E-state index contributed by atoms with van der Waals surface area (Å²) >= 11 is 7.35. The van der Waals surface area contributed by atoms with Crippen molar-refractivity contribution in [1.29, 1.82) is 0 Å². The molecule has 2 aromatic rings. The molecule has 5 heteroatoms. The van der Waals surface area contributed by atoms with Crippen molar-refractivity contribution in [2.45, 2.75) is 43.9 Å². The third kappa shape index (κ3) is 2.99. The summed E-state index contributed by atoms with van der Waals surface area (Å²) in [4.78, 5) is 13.7. The molecule has 1 spiro atoms. The number of anilines is 2. The smallest absolute Gasteiger partial charge is 0.219 e. The molecule has 0 radical (unpaired) electrons. The fourth-order valence-electron chi connectivity index (χ4n) is 4.69. The third-order valence-corrected chi connectivity index (χ3v) is 6.81. The maximum absolute atomic E-state index is 11.4. The number of amides is 1. The topological polar surface area (TPSA) is 46.3 Å². The zero-order chi connectivity index (χ0) is 18.3. The summed E-state index contributed by atoms with van der Waals surface area (Å²) in [5.74, 6) is -0.264. The average molecular weight is 478 g/mol. The minimum atomic E-state index is -0.264. The highest BCUT2D eigenvalue weighted by Gasteiger charge is 2.43. The molecule has 0 aromatic heterocycles. The zero-order valence-corrected chi connectivity index (χ0v) is 17.8. The van der Waals surface area contributed by atoms with Gasteiger partial charge in [-0.2, -0.15) is 0 Å². The third-order valence-electron chi connectivity index (χ3n) is 5.82. The van der Waals surface area contributed by atoms with Gasteiger partial charge in [0.25, 0.3) is 0 Å². The van der Waals surface area contributed by atoms with E-state index >= 15 is 0 Å². The van der Waals surface area contributed by atoms with Crippen molar-refractivity contribution in [3.8, 4) is 0 Å². The molecule has 0 saturated heterocycles. The van der Waals surface area contributed by atoms with Crippen LogP contribution in [-0.4, -0.2) is 12.5 Å². The molecule has 0 atom stereocenters. The van der Waals surface area contributed by atoms with Crippen LogP contribution < -0.4 is 10.6 Å². The van der Waals surface area contributed by atoms with Gasteiger partial charge in [0.15, 0.2) is 0 Å². The SMILES string of the molecule is NC(=O)CCN1c2ccc(Br)cc2C2(CCCCC2)c2cc(Br)ccc21. The molecule has 1 saturated carbocycles. The molecule has 1 aliphatic carbocycles. The van der Waals surface area contributed by atoms with Crippen molar-refractivity contribution in [3.05, 3.63) is 56.5 Å². The summed E-state index contributed by atoms with van der Waals surface area (Å²) in [6.07, 6.45) is 6.49. The highest BCUT2D eigenvalue weighted by molar-refractivity contribution is 9.10. The Morgan fingerprint density at radius 2 is 1.50 bits per heavy atom. The molecule has 3 nitrogen and oxygen atoms in total. The van der Waals surface area contributed by atoms with Crippen LogP contribution in [0.5, 0.6) is 0 Å². The monoisotopic (exact) mass is 476 g/mol. The van der Waals surface area contributed by atoms with Gasteiger partial charge in [0.1, 0.15) is 0 Å². The van der Waals surface area contributed by atoms with Crippen molar-refractivity contribution in [1.82, 2.24) is 0 Å². The van der Waals surface area contributed by atoms with Crippen LogP contribution in [0.3, 0.4) is 0 Å². The number of hydrogen-bond donors (Lipinski definition) is 1. The van der Waals surface area contributed by atoms with Crippen molar-refractivity contribution >= 4 is 49.1 Å². The van der Waals surface area contributed by atoms with Gasteiger partial charge in [0.2, 0.25) is 5.91 Å². The highest BCUT2D eigenvalue weighted by Crippen LogP contribution is 2.56. The Morgan fingerprint density at radius 1 is 0.962 bits per heavy atom. The predicted octanol–water partition coefficient (Wildman–Crippen LogP) is 5.79. The number of primary amides is 1. The molecule has 0 bridgehead atoms. The quantitative estimate of drug-likeness (QED) is 0.608. The van der Waals surface area contributed by atoms with Crippen molar-refractivity contribution in [2.24, 2.45) is 5.73 Å². The van der Waals surface area contributed by atoms with Gasteiger partial charge in [-0.1, -0.05) is 51.1 Å². The summed E-state index contributed by atoms with van der Waals surface area (Å²) in [6, 6.07) is 13.1. The summed E-state index contributed by atoms with van der Waals surface area (Å²) in [5.41, 5.74) is 10.7. The number of rotatable bonds is 3. The Hall–Kier alpha value is -1.33. The molecule has 4 rings (SSSR count). The van der Waals surface area contributed by atoms with Gasteiger partial charge in [-0.3, -0.25) is 4.79 Å². The Balaban J connectivity index is 1.94. The fourth-order valence-corrected chi connectivity index (χ4v) is 5.41. The van der Waals surface area contributed by atoms with Crippen molar-refractivity contribution < 1.29 is 4.79 Å². The Morgan fingerprint density at radius 3 is 2.00 bits per heavy atom. The second-order valence-electron chi connectivity index (χ2n) is 7.33. The van der Waals surface area contributed by atoms with Crippen LogP contribution >= 0.6 is 31.9 Å². The molecule has 1 heterocycles. The fraction of sp³-hybridized carbons (Fsp3) is 0.381. The highest BCUT2D eigenvalue weighted by atomic mass is 79.9. The van der Waals surface area contributed by atoms with Gasteiger partial charge in [0, 0.05) is 38.7 Å². The first-order valence-corrected chi connectivity index (χ1v) is 10.8. The first-order chi connectivity index (χ1) is 12.5. The minimum Gasteiger partial charge on any atom is -0.370 e. The number of halogens is 2. The normalized spacial score (nSPS) is 17.7. The van der Waals surface area contributed by atoms with Crippen LogP contribution in [0.2, 0.25) is 0 Å². The van der Waals surface area contributed by atoms with Gasteiger partial charge in [-0.25, -0.2) is 0 Å². The lowest BCUT2D eigenvalue weighted by Crippen LogP contribution is -2.39. The molecule has 1 amide bonds. The lowest BCUT2D eigenvalue weighted by Gasteiger charge is -2.47. The molecule has 2 aliphatic rings. The molecule has 136 valence electrons. The van der Waals surface area contributed by atoms with Gasteiger partial charge < -0.3 is 10.6 Å². The number of benzene rings is 2. The molecule has 0 unspecified atom stereocenters. The second-order valence-corrected chi connectivity index (χ2v) is 9.17. The van der Waals surface area contributed by atoms with E-state index in [0.29, 0.717) is 13.0 Å². The number of fused-ring (bicyclic) bond motifs is 4. The molecule has 2 aromatic carbocycles. The minimum absolute atomic E-state index is 0.0553. The largest absolute Gasteiger partial charge is 0.370 e. The first kappa shape index (κ1) is 18.1. The Labute approximate surface area is 171 Å². The summed E-state index contributed by atoms with van der Waals surface area (Å²) < 4.78 is 2.21. The van der Waals surface area contributed by atoms with E-state index in [-0.39, 0.29) is 11.3 Å². The Bertz CT molecular complexity index is 804. The first-order valence-electron chi connectivity index (χ1n) is 9.17. The van der Waals surface area contributed by atoms with Crippen molar-refractivity contribution in [3.63, 3.8) is 0 Å². The number of hydrogen-bond acceptors (Lipinski definition) is 2. The molecule has 1 aliphatic heterocycles. The lowest BCUT2D eigenvalue weighted by molar-refractivity contribution is -0.117. The summed E-state index contributed by atoms with van der Waals surface area (Å²) in [6.45, 7) is 0.606. The van der Waals surface area contributed by atoms with Gasteiger partial charge >= 0.3 is 0 Å². The summed E-state index contributed by atoms with van der Waals surface area (Å²) in [7, 11) is 0. The lowest BCUT2D eigenvalue weighted by atomic mass is 9.63. The van der Waals surface area contributed by atoms with E-state index in [1.165, 1.54) is 54.6 Å². The van der Waals surface area contributed by atoms with Crippen LogP contribution in [0.15, 0.2) is 45.3 Å². The Kier molecular flexibility index (Phi) is 4.86. The van der Waals surface area contributed by atoms with E-state index in [0.717, 1.165) is 8.95 Å². The maximum Gasteiger partial charge on any atom is 0.219 e. The van der Waals surface area contributed by atoms with Crippen LogP contribution in [0.4, 0.5) is 11.4 Å². The van der Waals surface area contributed by atoms with Crippen LogP contribution in [0, 0.1) is 0 Å². The molecule has 26 heavy (non-hydrogen) atoms. The molecule has 2 N–H and O–H groups in total. The van der Waals surface area contributed by atoms with Crippen LogP contribution in [0.1, 0.15) is 49.7 Å². The molecular formula is C21H22Br2N2O. The van der Waals surface area contributed by atoms with Crippen LogP contribution in [-0.2, 0) is 10.2 Å². The second kappa shape index (κ2) is 7.01. The van der Waals surface area contributed by atoms with Crippen molar-refractivity contribution in [2.75, 3.05) is 11.4 Å². The van der Waals surface area contributed by atoms with Gasteiger partial charge in [-0.15, -0.1) is 0 Å². The molecular weight excluding hydrogens is 456 g/mol. The zero-order valence-electron chi connectivity index (χ0n) is 14.6. The van der Waals surface area contributed by atoms with E-state index in [1.54, 1.807) is 0 Å². The predicted molar refractivity (Wildman–Crippen MR) is 113 cm³/mol. The van der Waals surface area contributed by atoms with E-state index in [4.69, 9.17) is 5.73 Å². The average Bonchev–Trinajstić information content (AvgIpc) is 2.63. The number of nitrogens with zero attached hydrogens (tertiary/aromatic N) is 1. The maximum atomic E-state index is 11.4. The standard InChI is InChI=1S/C21H22Br2N2O/c22-14-4-6-18-16(12-14)21(9-2-1-3-10-21)17-13-15(23)5-7-19(17)25(18)11-8-20(24)26/h4-7,12-13H,1-3,8-11H2,(H2,24,26). The van der Waals surface area contributed by atoms with E-state index in [2.05, 4.69) is 73.2 Å². The van der Waals surface area contributed by atoms with E-state index in [1.807, 2.05) is 0 Å². The van der Waals surface area contributed by atoms with Crippen LogP contribution in [0.25, 0.3) is 0 Å².